The second-order valence-corrected chi connectivity index (χ2v) is 8.12. The van der Waals surface area contributed by atoms with Crippen molar-refractivity contribution in [3.05, 3.63) is 76.4 Å². The molecular weight excluding hydrogens is 346 g/mol. The predicted molar refractivity (Wildman–Crippen MR) is 91.5 cm³/mol. The normalized spacial score (nSPS) is 11.3. The first-order valence-electron chi connectivity index (χ1n) is 7.22. The Morgan fingerprint density at radius 2 is 1.83 bits per heavy atom. The van der Waals surface area contributed by atoms with Crippen molar-refractivity contribution in [2.45, 2.75) is 17.2 Å². The lowest BCUT2D eigenvalue weighted by Gasteiger charge is -2.02. The third kappa shape index (κ3) is 3.93. The fourth-order valence-corrected chi connectivity index (χ4v) is 4.06. The van der Waals surface area contributed by atoms with Crippen LogP contribution in [0.5, 0.6) is 0 Å². The zero-order valence-corrected chi connectivity index (χ0v) is 14.3. The second kappa shape index (κ2) is 7.02. The van der Waals surface area contributed by atoms with Crippen LogP contribution in [0.2, 0.25) is 0 Å². The van der Waals surface area contributed by atoms with Gasteiger partial charge in [-0.25, -0.2) is 8.42 Å². The first-order chi connectivity index (χ1) is 11.5. The Kier molecular flexibility index (Phi) is 4.82. The smallest absolute Gasteiger partial charge is 0.287 e. The van der Waals surface area contributed by atoms with E-state index >= 15 is 0 Å². The van der Waals surface area contributed by atoms with Gasteiger partial charge in [0.15, 0.2) is 15.6 Å². The van der Waals surface area contributed by atoms with Gasteiger partial charge in [0.05, 0.1) is 11.4 Å². The summed E-state index contributed by atoms with van der Waals surface area (Å²) < 4.78 is 30.0. The van der Waals surface area contributed by atoms with Crippen LogP contribution in [0, 0.1) is 0 Å². The van der Waals surface area contributed by atoms with E-state index in [1.807, 2.05) is 17.5 Å². The summed E-state index contributed by atoms with van der Waals surface area (Å²) in [6.45, 7) is 0.412. The number of hydrogen-bond acceptors (Lipinski definition) is 5. The quantitative estimate of drug-likeness (QED) is 0.731. The van der Waals surface area contributed by atoms with Gasteiger partial charge in [-0.05, 0) is 35.7 Å². The number of carbonyl (C=O) groups is 1. The molecule has 1 aromatic carbocycles. The summed E-state index contributed by atoms with van der Waals surface area (Å²) in [5.74, 6) is -0.313. The van der Waals surface area contributed by atoms with Gasteiger partial charge in [-0.15, -0.1) is 11.3 Å². The van der Waals surface area contributed by atoms with Crippen LogP contribution in [0.15, 0.2) is 69.3 Å². The van der Waals surface area contributed by atoms with Gasteiger partial charge in [0.25, 0.3) is 5.91 Å². The van der Waals surface area contributed by atoms with Gasteiger partial charge in [-0.1, -0.05) is 24.3 Å². The molecule has 24 heavy (non-hydrogen) atoms. The first-order valence-corrected chi connectivity index (χ1v) is 9.75. The number of carbonyl (C=O) groups excluding carboxylic acids is 1. The Morgan fingerprint density at radius 3 is 2.54 bits per heavy atom. The van der Waals surface area contributed by atoms with E-state index in [9.17, 15) is 13.2 Å². The average molecular weight is 361 g/mol. The standard InChI is InChI=1S/C17H15NO4S2/c19-17(18-11-14-5-4-10-23-14)16-9-8-13(22-16)12-24(20,21)15-6-2-1-3-7-15/h1-10H,11-12H2,(H,18,19). The van der Waals surface area contributed by atoms with Crippen molar-refractivity contribution < 1.29 is 17.6 Å². The van der Waals surface area contributed by atoms with Gasteiger partial charge >= 0.3 is 0 Å². The molecule has 1 N–H and O–H groups in total. The molecule has 2 aromatic heterocycles. The molecule has 0 saturated heterocycles. The molecule has 3 rings (SSSR count). The van der Waals surface area contributed by atoms with Crippen LogP contribution in [0.1, 0.15) is 21.2 Å². The van der Waals surface area contributed by atoms with E-state index in [2.05, 4.69) is 5.32 Å². The van der Waals surface area contributed by atoms with Crippen molar-refractivity contribution in [1.82, 2.24) is 5.32 Å². The van der Waals surface area contributed by atoms with Gasteiger partial charge in [0.2, 0.25) is 0 Å². The van der Waals surface area contributed by atoms with Crippen molar-refractivity contribution >= 4 is 27.1 Å². The summed E-state index contributed by atoms with van der Waals surface area (Å²) in [6, 6.07) is 15.0. The molecule has 0 spiro atoms. The van der Waals surface area contributed by atoms with Crippen LogP contribution in [-0.4, -0.2) is 14.3 Å². The Labute approximate surface area is 143 Å². The van der Waals surface area contributed by atoms with E-state index in [1.54, 1.807) is 29.5 Å². The third-order valence-corrected chi connectivity index (χ3v) is 5.85. The summed E-state index contributed by atoms with van der Waals surface area (Å²) in [7, 11) is -3.50. The maximum absolute atomic E-state index is 12.3. The second-order valence-electron chi connectivity index (χ2n) is 5.10. The van der Waals surface area contributed by atoms with E-state index in [4.69, 9.17) is 4.42 Å². The monoisotopic (exact) mass is 361 g/mol. The Hall–Kier alpha value is -2.38. The van der Waals surface area contributed by atoms with Crippen molar-refractivity contribution in [1.29, 1.82) is 0 Å². The molecule has 124 valence electrons. The van der Waals surface area contributed by atoms with Crippen LogP contribution in [-0.2, 0) is 22.1 Å². The molecule has 3 aromatic rings. The number of furan rings is 1. The number of benzene rings is 1. The number of sulfone groups is 1. The van der Waals surface area contributed by atoms with Gasteiger partial charge < -0.3 is 9.73 Å². The highest BCUT2D eigenvalue weighted by molar-refractivity contribution is 7.90. The van der Waals surface area contributed by atoms with Crippen molar-refractivity contribution in [3.8, 4) is 0 Å². The van der Waals surface area contributed by atoms with Gasteiger partial charge in [-0.2, -0.15) is 0 Å². The van der Waals surface area contributed by atoms with Crippen molar-refractivity contribution in [3.63, 3.8) is 0 Å². The maximum atomic E-state index is 12.3. The molecule has 1 amide bonds. The summed E-state index contributed by atoms with van der Waals surface area (Å²) in [5.41, 5.74) is 0. The molecule has 5 nitrogen and oxygen atoms in total. The zero-order chi connectivity index (χ0) is 17.0. The third-order valence-electron chi connectivity index (χ3n) is 3.32. The summed E-state index contributed by atoms with van der Waals surface area (Å²) in [6.07, 6.45) is 0. The average Bonchev–Trinajstić information content (AvgIpc) is 3.25. The lowest BCUT2D eigenvalue weighted by atomic mass is 10.4. The number of thiophene rings is 1. The van der Waals surface area contributed by atoms with Gasteiger partial charge in [-0.3, -0.25) is 4.79 Å². The highest BCUT2D eigenvalue weighted by Crippen LogP contribution is 2.18. The minimum atomic E-state index is -3.50. The Balaban J connectivity index is 1.66. The fraction of sp³-hybridized carbons (Fsp3) is 0.118. The van der Waals surface area contributed by atoms with Crippen LogP contribution in [0.4, 0.5) is 0 Å². The van der Waals surface area contributed by atoms with Crippen molar-refractivity contribution in [2.24, 2.45) is 0 Å². The fourth-order valence-electron chi connectivity index (χ4n) is 2.14. The minimum Gasteiger partial charge on any atom is -0.455 e. The maximum Gasteiger partial charge on any atom is 0.287 e. The molecule has 7 heteroatoms. The molecule has 2 heterocycles. The SMILES string of the molecule is O=C(NCc1cccs1)c1ccc(CS(=O)(=O)c2ccccc2)o1. The lowest BCUT2D eigenvalue weighted by molar-refractivity contribution is 0.0922. The highest BCUT2D eigenvalue weighted by atomic mass is 32.2. The molecule has 0 aliphatic heterocycles. The van der Waals surface area contributed by atoms with E-state index in [-0.39, 0.29) is 28.1 Å². The van der Waals surface area contributed by atoms with E-state index in [0.29, 0.717) is 6.54 Å². The van der Waals surface area contributed by atoms with E-state index in [1.165, 1.54) is 24.3 Å². The van der Waals surface area contributed by atoms with Gasteiger partial charge in [0.1, 0.15) is 11.5 Å². The number of hydrogen-bond donors (Lipinski definition) is 1. The van der Waals surface area contributed by atoms with Crippen LogP contribution >= 0.6 is 11.3 Å². The molecule has 0 unspecified atom stereocenters. The molecular formula is C17H15NO4S2. The highest BCUT2D eigenvalue weighted by Gasteiger charge is 2.19. The minimum absolute atomic E-state index is 0.102. The molecule has 0 atom stereocenters. The van der Waals surface area contributed by atoms with Crippen LogP contribution in [0.25, 0.3) is 0 Å². The number of rotatable bonds is 6. The summed E-state index contributed by atoms with van der Waals surface area (Å²) in [5, 5.41) is 4.67. The lowest BCUT2D eigenvalue weighted by Crippen LogP contribution is -2.21. The summed E-state index contributed by atoms with van der Waals surface area (Å²) in [4.78, 5) is 13.3. The topological polar surface area (TPSA) is 76.4 Å². The molecule has 0 saturated carbocycles. The first kappa shape index (κ1) is 16.5. The predicted octanol–water partition coefficient (Wildman–Crippen LogP) is 3.25. The van der Waals surface area contributed by atoms with E-state index in [0.717, 1.165) is 4.88 Å². The van der Waals surface area contributed by atoms with E-state index < -0.39 is 9.84 Å². The molecule has 0 aliphatic carbocycles. The molecule has 0 aliphatic rings. The number of nitrogens with one attached hydrogen (secondary N) is 1. The molecule has 0 bridgehead atoms. The number of amides is 1. The summed E-state index contributed by atoms with van der Waals surface area (Å²) >= 11 is 1.55. The largest absolute Gasteiger partial charge is 0.455 e. The Bertz CT molecular complexity index is 913. The van der Waals surface area contributed by atoms with Gasteiger partial charge in [0, 0.05) is 4.88 Å². The Morgan fingerprint density at radius 1 is 1.04 bits per heavy atom. The molecule has 0 radical (unpaired) electrons. The zero-order valence-electron chi connectivity index (χ0n) is 12.6. The van der Waals surface area contributed by atoms with Crippen LogP contribution in [0.3, 0.4) is 0 Å². The molecule has 0 fully saturated rings. The van der Waals surface area contributed by atoms with Crippen molar-refractivity contribution in [2.75, 3.05) is 0 Å². The van der Waals surface area contributed by atoms with Crippen LogP contribution < -0.4 is 5.32 Å².